The van der Waals surface area contributed by atoms with Crippen molar-refractivity contribution in [2.75, 3.05) is 20.2 Å². The smallest absolute Gasteiger partial charge is 0.282 e. The van der Waals surface area contributed by atoms with E-state index in [1.165, 1.54) is 0 Å². The number of hydrogen-bond acceptors (Lipinski definition) is 3. The van der Waals surface area contributed by atoms with Crippen LogP contribution in [0, 0.1) is 11.8 Å². The Morgan fingerprint density at radius 3 is 2.21 bits per heavy atom. The van der Waals surface area contributed by atoms with Crippen LogP contribution in [-0.4, -0.2) is 43.3 Å². The maximum absolute atomic E-state index is 13.2. The van der Waals surface area contributed by atoms with Gasteiger partial charge in [-0.15, -0.1) is 0 Å². The normalized spacial score (nSPS) is 25.8. The Kier molecular flexibility index (Phi) is 5.18. The molecule has 1 aromatic rings. The molecule has 0 spiro atoms. The molecule has 1 aromatic carbocycles. The summed E-state index contributed by atoms with van der Waals surface area (Å²) in [6.45, 7) is 6.00. The Hall–Kier alpha value is -1.11. The van der Waals surface area contributed by atoms with E-state index >= 15 is 0 Å². The van der Waals surface area contributed by atoms with Gasteiger partial charge in [-0.3, -0.25) is 0 Å². The van der Waals surface area contributed by atoms with E-state index in [0.717, 1.165) is 30.6 Å². The van der Waals surface area contributed by atoms with Gasteiger partial charge in [0.15, 0.2) is 0 Å². The molecule has 0 amide bonds. The number of ether oxygens (including phenoxy) is 1. The first-order chi connectivity index (χ1) is 11.4. The number of hydrogen-bond donors (Lipinski definition) is 0. The number of methoxy groups -OCH3 is 1. The lowest BCUT2D eigenvalue weighted by atomic mass is 9.94. The quantitative estimate of drug-likeness (QED) is 0.791. The van der Waals surface area contributed by atoms with Crippen molar-refractivity contribution in [1.82, 2.24) is 8.61 Å². The van der Waals surface area contributed by atoms with Crippen molar-refractivity contribution in [1.29, 1.82) is 0 Å². The largest absolute Gasteiger partial charge is 0.497 e. The van der Waals surface area contributed by atoms with E-state index in [2.05, 4.69) is 13.8 Å². The predicted octanol–water partition coefficient (Wildman–Crippen LogP) is 2.88. The molecule has 0 radical (unpaired) electrons. The average Bonchev–Trinajstić information content (AvgIpc) is 3.36. The van der Waals surface area contributed by atoms with Crippen LogP contribution in [0.1, 0.15) is 38.7 Å². The fourth-order valence-corrected chi connectivity index (χ4v) is 5.70. The molecule has 2 atom stereocenters. The Bertz CT molecular complexity index is 645. The van der Waals surface area contributed by atoms with Gasteiger partial charge in [0.25, 0.3) is 10.2 Å². The van der Waals surface area contributed by atoms with E-state index in [4.69, 9.17) is 4.74 Å². The van der Waals surface area contributed by atoms with Crippen LogP contribution in [-0.2, 0) is 16.8 Å². The van der Waals surface area contributed by atoms with Crippen molar-refractivity contribution in [2.24, 2.45) is 11.8 Å². The zero-order valence-electron chi connectivity index (χ0n) is 14.8. The highest BCUT2D eigenvalue weighted by Crippen LogP contribution is 2.34. The second-order valence-corrected chi connectivity index (χ2v) is 9.28. The summed E-state index contributed by atoms with van der Waals surface area (Å²) in [5.74, 6) is 1.63. The zero-order valence-corrected chi connectivity index (χ0v) is 15.6. The highest BCUT2D eigenvalue weighted by atomic mass is 32.2. The molecule has 2 unspecified atom stereocenters. The lowest BCUT2D eigenvalue weighted by Gasteiger charge is -2.37. The molecule has 1 saturated heterocycles. The zero-order chi connectivity index (χ0) is 17.3. The first-order valence-electron chi connectivity index (χ1n) is 8.80. The van der Waals surface area contributed by atoms with Gasteiger partial charge in [-0.25, -0.2) is 0 Å². The monoisotopic (exact) mass is 352 g/mol. The molecule has 1 aliphatic carbocycles. The summed E-state index contributed by atoms with van der Waals surface area (Å²) in [4.78, 5) is 0. The second kappa shape index (κ2) is 7.02. The highest BCUT2D eigenvalue weighted by Gasteiger charge is 2.42. The summed E-state index contributed by atoms with van der Waals surface area (Å²) in [6, 6.07) is 7.83. The van der Waals surface area contributed by atoms with Gasteiger partial charge in [0.05, 0.1) is 7.11 Å². The topological polar surface area (TPSA) is 49.9 Å². The fourth-order valence-electron chi connectivity index (χ4n) is 3.61. The Morgan fingerprint density at radius 2 is 1.71 bits per heavy atom. The van der Waals surface area contributed by atoms with E-state index in [1.54, 1.807) is 15.7 Å². The van der Waals surface area contributed by atoms with Crippen LogP contribution >= 0.6 is 0 Å². The summed E-state index contributed by atoms with van der Waals surface area (Å²) in [5.41, 5.74) is 1.00. The first-order valence-corrected chi connectivity index (χ1v) is 10.2. The third-order valence-electron chi connectivity index (χ3n) is 4.91. The van der Waals surface area contributed by atoms with Crippen LogP contribution < -0.4 is 4.74 Å². The van der Waals surface area contributed by atoms with E-state index in [0.29, 0.717) is 31.5 Å². The molecule has 134 valence electrons. The highest BCUT2D eigenvalue weighted by molar-refractivity contribution is 7.86. The van der Waals surface area contributed by atoms with Gasteiger partial charge >= 0.3 is 0 Å². The Balaban J connectivity index is 1.78. The van der Waals surface area contributed by atoms with Crippen LogP contribution in [0.2, 0.25) is 0 Å². The van der Waals surface area contributed by atoms with E-state index in [1.807, 2.05) is 24.3 Å². The van der Waals surface area contributed by atoms with E-state index in [-0.39, 0.29) is 6.04 Å². The molecule has 1 heterocycles. The minimum absolute atomic E-state index is 0.157. The molecule has 6 heteroatoms. The molecule has 0 aromatic heterocycles. The van der Waals surface area contributed by atoms with E-state index in [9.17, 15) is 8.42 Å². The van der Waals surface area contributed by atoms with Crippen LogP contribution in [0.25, 0.3) is 0 Å². The van der Waals surface area contributed by atoms with Gasteiger partial charge in [-0.05, 0) is 48.8 Å². The summed E-state index contributed by atoms with van der Waals surface area (Å²) < 4.78 is 35.0. The second-order valence-electron chi connectivity index (χ2n) is 7.40. The van der Waals surface area contributed by atoms with Gasteiger partial charge in [-0.1, -0.05) is 26.0 Å². The maximum Gasteiger partial charge on any atom is 0.282 e. The summed E-state index contributed by atoms with van der Waals surface area (Å²) in [6.07, 6.45) is 3.04. The summed E-state index contributed by atoms with van der Waals surface area (Å²) in [5, 5.41) is 0. The van der Waals surface area contributed by atoms with E-state index < -0.39 is 10.2 Å². The Morgan fingerprint density at radius 1 is 1.12 bits per heavy atom. The molecule has 3 rings (SSSR count). The van der Waals surface area contributed by atoms with Gasteiger partial charge in [-0.2, -0.15) is 17.0 Å². The average molecular weight is 353 g/mol. The first kappa shape index (κ1) is 17.7. The van der Waals surface area contributed by atoms with Crippen LogP contribution in [0.15, 0.2) is 24.3 Å². The van der Waals surface area contributed by atoms with Crippen molar-refractivity contribution in [3.8, 4) is 5.75 Å². The molecule has 0 N–H and O–H groups in total. The summed E-state index contributed by atoms with van der Waals surface area (Å²) >= 11 is 0. The van der Waals surface area contributed by atoms with Crippen molar-refractivity contribution in [2.45, 2.75) is 45.7 Å². The van der Waals surface area contributed by atoms with Gasteiger partial charge < -0.3 is 4.74 Å². The SMILES string of the molecule is COc1ccc(CN(C2CC2)S(=O)(=O)N2CC(C)CC(C)C2)cc1. The number of piperidine rings is 1. The lowest BCUT2D eigenvalue weighted by molar-refractivity contribution is 0.206. The third kappa shape index (κ3) is 3.92. The van der Waals surface area contributed by atoms with Crippen molar-refractivity contribution in [3.05, 3.63) is 29.8 Å². The Labute approximate surface area is 145 Å². The van der Waals surface area contributed by atoms with Gasteiger partial charge in [0.2, 0.25) is 0 Å². The minimum atomic E-state index is -3.41. The van der Waals surface area contributed by atoms with Crippen LogP contribution in [0.5, 0.6) is 5.75 Å². The van der Waals surface area contributed by atoms with Gasteiger partial charge in [0.1, 0.15) is 5.75 Å². The molecule has 24 heavy (non-hydrogen) atoms. The lowest BCUT2D eigenvalue weighted by Crippen LogP contribution is -2.50. The summed E-state index contributed by atoms with van der Waals surface area (Å²) in [7, 11) is -1.77. The molecular formula is C18H28N2O3S. The predicted molar refractivity (Wildman–Crippen MR) is 95.0 cm³/mol. The van der Waals surface area contributed by atoms with Crippen LogP contribution in [0.3, 0.4) is 0 Å². The number of rotatable bonds is 6. The maximum atomic E-state index is 13.2. The minimum Gasteiger partial charge on any atom is -0.497 e. The standard InChI is InChI=1S/C18H28N2O3S/c1-14-10-15(2)12-19(11-14)24(21,22)20(17-6-7-17)13-16-4-8-18(23-3)9-5-16/h4-5,8-9,14-15,17H,6-7,10-13H2,1-3H3. The van der Waals surface area contributed by atoms with Crippen molar-refractivity contribution >= 4 is 10.2 Å². The number of benzene rings is 1. The van der Waals surface area contributed by atoms with Crippen LogP contribution in [0.4, 0.5) is 0 Å². The molecule has 1 aliphatic heterocycles. The molecule has 2 fully saturated rings. The molecule has 1 saturated carbocycles. The third-order valence-corrected chi connectivity index (χ3v) is 6.88. The van der Waals surface area contributed by atoms with Crippen molar-refractivity contribution in [3.63, 3.8) is 0 Å². The van der Waals surface area contributed by atoms with Crippen molar-refractivity contribution < 1.29 is 13.2 Å². The van der Waals surface area contributed by atoms with Gasteiger partial charge in [0, 0.05) is 25.7 Å². The molecule has 2 aliphatic rings. The molecule has 5 nitrogen and oxygen atoms in total. The fraction of sp³-hybridized carbons (Fsp3) is 0.667. The number of nitrogens with zero attached hydrogens (tertiary/aromatic N) is 2. The molecular weight excluding hydrogens is 324 g/mol. The molecule has 0 bridgehead atoms.